The maximum absolute atomic E-state index is 12.0. The van der Waals surface area contributed by atoms with Crippen molar-refractivity contribution < 1.29 is 4.79 Å². The van der Waals surface area contributed by atoms with Crippen LogP contribution in [0.3, 0.4) is 0 Å². The Morgan fingerprint density at radius 2 is 2.00 bits per heavy atom. The molecule has 1 aromatic rings. The van der Waals surface area contributed by atoms with Gasteiger partial charge in [0.15, 0.2) is 0 Å². The van der Waals surface area contributed by atoms with Gasteiger partial charge in [-0.25, -0.2) is 0 Å². The summed E-state index contributed by atoms with van der Waals surface area (Å²) >= 11 is 0. The number of hydrogen-bond acceptors (Lipinski definition) is 2. The molecule has 3 nitrogen and oxygen atoms in total. The van der Waals surface area contributed by atoms with E-state index >= 15 is 0 Å². The number of carbonyl (C=O) groups is 1. The summed E-state index contributed by atoms with van der Waals surface area (Å²) in [5, 5.41) is 6.39. The molecule has 0 radical (unpaired) electrons. The Hall–Kier alpha value is -1.06. The predicted molar refractivity (Wildman–Crippen MR) is 89.3 cm³/mol. The Morgan fingerprint density at radius 3 is 2.67 bits per heavy atom. The summed E-state index contributed by atoms with van der Waals surface area (Å²) in [6.45, 7) is 9.09. The molecule has 2 rings (SSSR count). The average Bonchev–Trinajstić information content (AvgIpc) is 2.89. The van der Waals surface area contributed by atoms with Crippen LogP contribution in [0.25, 0.3) is 0 Å². The smallest absolute Gasteiger partial charge is 0.220 e. The second kappa shape index (κ2) is 8.40. The third kappa shape index (κ3) is 5.01. The predicted octanol–water partition coefficient (Wildman–Crippen LogP) is 3.40. The molecule has 1 aliphatic rings. The van der Waals surface area contributed by atoms with Gasteiger partial charge < -0.3 is 10.6 Å². The van der Waals surface area contributed by atoms with Crippen LogP contribution in [-0.2, 0) is 24.4 Å². The van der Waals surface area contributed by atoms with Crippen molar-refractivity contribution in [3.8, 4) is 0 Å². The fourth-order valence-corrected chi connectivity index (χ4v) is 2.82. The van der Waals surface area contributed by atoms with E-state index in [1.54, 1.807) is 0 Å². The Balaban J connectivity index is 0.00000220. The molecule has 1 heterocycles. The van der Waals surface area contributed by atoms with Gasteiger partial charge in [0.1, 0.15) is 0 Å². The van der Waals surface area contributed by atoms with Crippen LogP contribution >= 0.6 is 12.4 Å². The van der Waals surface area contributed by atoms with Crippen molar-refractivity contribution in [3.63, 3.8) is 0 Å². The first-order chi connectivity index (χ1) is 9.60. The highest BCUT2D eigenvalue weighted by Crippen LogP contribution is 2.19. The summed E-state index contributed by atoms with van der Waals surface area (Å²) in [5.74, 6) is 1.22. The second-order valence-corrected chi connectivity index (χ2v) is 6.10. The van der Waals surface area contributed by atoms with Crippen LogP contribution < -0.4 is 10.6 Å². The molecular formula is C17H27ClN2O. The Bertz CT molecular complexity index is 474. The summed E-state index contributed by atoms with van der Waals surface area (Å²) < 4.78 is 0. The topological polar surface area (TPSA) is 41.1 Å². The van der Waals surface area contributed by atoms with E-state index in [0.717, 1.165) is 19.5 Å². The normalized spacial score (nSPS) is 14.5. The average molecular weight is 311 g/mol. The van der Waals surface area contributed by atoms with Gasteiger partial charge in [-0.1, -0.05) is 45.4 Å². The number of amides is 1. The van der Waals surface area contributed by atoms with E-state index in [1.807, 2.05) is 0 Å². The summed E-state index contributed by atoms with van der Waals surface area (Å²) in [6.07, 6.45) is 1.70. The van der Waals surface area contributed by atoms with Crippen molar-refractivity contribution in [1.82, 2.24) is 10.6 Å². The van der Waals surface area contributed by atoms with E-state index in [-0.39, 0.29) is 18.3 Å². The quantitative estimate of drug-likeness (QED) is 0.845. The zero-order valence-electron chi connectivity index (χ0n) is 13.2. The SMILES string of the molecule is CCC(CC(=O)NCc1ccc2c(c1)CNC2)C(C)C.Cl. The number of carbonyl (C=O) groups excluding carboxylic acids is 1. The van der Waals surface area contributed by atoms with Crippen molar-refractivity contribution in [3.05, 3.63) is 34.9 Å². The highest BCUT2D eigenvalue weighted by Gasteiger charge is 2.15. The first-order valence-corrected chi connectivity index (χ1v) is 7.68. The van der Waals surface area contributed by atoms with Gasteiger partial charge in [-0.2, -0.15) is 0 Å². The lowest BCUT2D eigenvalue weighted by Crippen LogP contribution is -2.26. The number of benzene rings is 1. The lowest BCUT2D eigenvalue weighted by Gasteiger charge is -2.18. The molecule has 1 amide bonds. The minimum atomic E-state index is 0. The van der Waals surface area contributed by atoms with Crippen molar-refractivity contribution in [2.75, 3.05) is 0 Å². The standard InChI is InChI=1S/C17H26N2O.ClH/c1-4-14(12(2)3)8-17(20)19-9-13-5-6-15-10-18-11-16(15)7-13;/h5-7,12,14,18H,4,8-11H2,1-3H3,(H,19,20);1H. The van der Waals surface area contributed by atoms with Crippen molar-refractivity contribution >= 4 is 18.3 Å². The van der Waals surface area contributed by atoms with Gasteiger partial charge >= 0.3 is 0 Å². The second-order valence-electron chi connectivity index (χ2n) is 6.10. The molecular weight excluding hydrogens is 284 g/mol. The molecule has 0 fully saturated rings. The number of nitrogens with one attached hydrogen (secondary N) is 2. The summed E-state index contributed by atoms with van der Waals surface area (Å²) in [7, 11) is 0. The largest absolute Gasteiger partial charge is 0.352 e. The zero-order chi connectivity index (χ0) is 14.5. The Labute approximate surface area is 134 Å². The molecule has 1 unspecified atom stereocenters. The lowest BCUT2D eigenvalue weighted by molar-refractivity contribution is -0.122. The minimum Gasteiger partial charge on any atom is -0.352 e. The van der Waals surface area contributed by atoms with Crippen molar-refractivity contribution in [1.29, 1.82) is 0 Å². The van der Waals surface area contributed by atoms with Crippen molar-refractivity contribution in [2.24, 2.45) is 11.8 Å². The molecule has 0 saturated carbocycles. The first kappa shape index (κ1) is 18.0. The van der Waals surface area contributed by atoms with Gasteiger partial charge in [0.05, 0.1) is 0 Å². The molecule has 0 spiro atoms. The molecule has 4 heteroatoms. The van der Waals surface area contributed by atoms with E-state index in [2.05, 4.69) is 49.6 Å². The highest BCUT2D eigenvalue weighted by atomic mass is 35.5. The number of rotatable bonds is 6. The van der Waals surface area contributed by atoms with E-state index in [4.69, 9.17) is 0 Å². The molecule has 118 valence electrons. The Morgan fingerprint density at radius 1 is 1.29 bits per heavy atom. The van der Waals surface area contributed by atoms with E-state index in [0.29, 0.717) is 24.8 Å². The van der Waals surface area contributed by atoms with Gasteiger partial charge in [-0.15, -0.1) is 12.4 Å². The molecule has 0 bridgehead atoms. The molecule has 0 saturated heterocycles. The fraction of sp³-hybridized carbons (Fsp3) is 0.588. The molecule has 0 aliphatic carbocycles. The number of hydrogen-bond donors (Lipinski definition) is 2. The maximum atomic E-state index is 12.0. The molecule has 21 heavy (non-hydrogen) atoms. The zero-order valence-corrected chi connectivity index (χ0v) is 14.1. The highest BCUT2D eigenvalue weighted by molar-refractivity contribution is 5.85. The third-order valence-electron chi connectivity index (χ3n) is 4.31. The molecule has 1 aliphatic heterocycles. The van der Waals surface area contributed by atoms with Crippen LogP contribution in [0.15, 0.2) is 18.2 Å². The number of halogens is 1. The van der Waals surface area contributed by atoms with Gasteiger partial charge in [0, 0.05) is 26.1 Å². The molecule has 2 N–H and O–H groups in total. The Kier molecular flexibility index (Phi) is 7.20. The number of fused-ring (bicyclic) bond motifs is 1. The van der Waals surface area contributed by atoms with E-state index in [1.165, 1.54) is 16.7 Å². The first-order valence-electron chi connectivity index (χ1n) is 7.68. The van der Waals surface area contributed by atoms with Crippen LogP contribution in [0.5, 0.6) is 0 Å². The van der Waals surface area contributed by atoms with Crippen LogP contribution in [-0.4, -0.2) is 5.91 Å². The maximum Gasteiger partial charge on any atom is 0.220 e. The molecule has 1 atom stereocenters. The van der Waals surface area contributed by atoms with Gasteiger partial charge in [-0.3, -0.25) is 4.79 Å². The van der Waals surface area contributed by atoms with Crippen LogP contribution in [0, 0.1) is 11.8 Å². The fourth-order valence-electron chi connectivity index (χ4n) is 2.82. The summed E-state index contributed by atoms with van der Waals surface area (Å²) in [5.41, 5.74) is 3.94. The lowest BCUT2D eigenvalue weighted by atomic mass is 9.90. The summed E-state index contributed by atoms with van der Waals surface area (Å²) in [4.78, 5) is 12.0. The van der Waals surface area contributed by atoms with Gasteiger partial charge in [-0.05, 0) is 28.5 Å². The van der Waals surface area contributed by atoms with E-state index < -0.39 is 0 Å². The monoisotopic (exact) mass is 310 g/mol. The minimum absolute atomic E-state index is 0. The molecule has 0 aromatic heterocycles. The van der Waals surface area contributed by atoms with Gasteiger partial charge in [0.25, 0.3) is 0 Å². The van der Waals surface area contributed by atoms with Crippen LogP contribution in [0.4, 0.5) is 0 Å². The van der Waals surface area contributed by atoms with Gasteiger partial charge in [0.2, 0.25) is 5.91 Å². The van der Waals surface area contributed by atoms with E-state index in [9.17, 15) is 4.79 Å². The van der Waals surface area contributed by atoms with Crippen LogP contribution in [0.2, 0.25) is 0 Å². The summed E-state index contributed by atoms with van der Waals surface area (Å²) in [6, 6.07) is 6.49. The van der Waals surface area contributed by atoms with Crippen molar-refractivity contribution in [2.45, 2.75) is 53.2 Å². The van der Waals surface area contributed by atoms with Crippen LogP contribution in [0.1, 0.15) is 50.3 Å². The third-order valence-corrected chi connectivity index (χ3v) is 4.31. The molecule has 1 aromatic carbocycles.